The Hall–Kier alpha value is -4.19. The van der Waals surface area contributed by atoms with Crippen LogP contribution in [0.15, 0.2) is 89.7 Å². The first-order chi connectivity index (χ1) is 16.6. The molecule has 0 amide bonds. The lowest BCUT2D eigenvalue weighted by Crippen LogP contribution is -2.32. The van der Waals surface area contributed by atoms with E-state index in [1.807, 2.05) is 91.9 Å². The summed E-state index contributed by atoms with van der Waals surface area (Å²) in [5.74, 6) is 0.0348. The number of aryl methyl sites for hydroxylation is 1. The third kappa shape index (κ3) is 5.07. The van der Waals surface area contributed by atoms with Crippen molar-refractivity contribution in [3.63, 3.8) is 0 Å². The standard InChI is InChI=1S/C28H26N2O4/c1-3-33-28(32)25-24(21-10-6-4-7-11-21)26(22-12-8-5-9-13-22)29-30(27(25)31)18-19-34-23-16-14-20(2)15-17-23/h4-17H,3,18-19H2,1-2H3. The lowest BCUT2D eigenvalue weighted by Gasteiger charge is -2.17. The molecule has 0 fully saturated rings. The number of ether oxygens (including phenoxy) is 2. The first-order valence-corrected chi connectivity index (χ1v) is 11.2. The second-order valence-electron chi connectivity index (χ2n) is 7.74. The summed E-state index contributed by atoms with van der Waals surface area (Å²) in [5.41, 5.74) is 3.10. The lowest BCUT2D eigenvalue weighted by molar-refractivity contribution is 0.0523. The molecule has 6 nitrogen and oxygen atoms in total. The minimum absolute atomic E-state index is 0.0303. The fraction of sp³-hybridized carbons (Fsp3) is 0.179. The summed E-state index contributed by atoms with van der Waals surface area (Å²) < 4.78 is 12.4. The second kappa shape index (κ2) is 10.6. The number of esters is 1. The number of carbonyl (C=O) groups is 1. The first-order valence-electron chi connectivity index (χ1n) is 11.2. The smallest absolute Gasteiger partial charge is 0.344 e. The third-order valence-corrected chi connectivity index (χ3v) is 5.34. The fourth-order valence-corrected chi connectivity index (χ4v) is 3.68. The number of nitrogens with zero attached hydrogens (tertiary/aromatic N) is 2. The molecule has 1 aromatic heterocycles. The number of hydrogen-bond donors (Lipinski definition) is 0. The second-order valence-corrected chi connectivity index (χ2v) is 7.74. The molecule has 0 radical (unpaired) electrons. The van der Waals surface area contributed by atoms with Gasteiger partial charge < -0.3 is 9.47 Å². The van der Waals surface area contributed by atoms with E-state index in [2.05, 4.69) is 5.10 Å². The molecule has 0 saturated heterocycles. The van der Waals surface area contributed by atoms with Crippen LogP contribution < -0.4 is 10.3 Å². The van der Waals surface area contributed by atoms with Crippen molar-refractivity contribution in [2.24, 2.45) is 0 Å². The van der Waals surface area contributed by atoms with E-state index in [-0.39, 0.29) is 25.3 Å². The summed E-state index contributed by atoms with van der Waals surface area (Å²) in [4.78, 5) is 26.5. The number of benzene rings is 3. The van der Waals surface area contributed by atoms with Crippen molar-refractivity contribution in [3.05, 3.63) is 106 Å². The highest BCUT2D eigenvalue weighted by Gasteiger charge is 2.26. The SMILES string of the molecule is CCOC(=O)c1c(-c2ccccc2)c(-c2ccccc2)nn(CCOc2ccc(C)cc2)c1=O. The van der Waals surface area contributed by atoms with Crippen LogP contribution in [0.25, 0.3) is 22.4 Å². The Morgan fingerprint density at radius 2 is 1.50 bits per heavy atom. The van der Waals surface area contributed by atoms with Gasteiger partial charge in [-0.2, -0.15) is 5.10 Å². The average molecular weight is 455 g/mol. The molecule has 34 heavy (non-hydrogen) atoms. The Bertz CT molecular complexity index is 1310. The molecule has 0 spiro atoms. The molecule has 0 N–H and O–H groups in total. The maximum Gasteiger partial charge on any atom is 0.344 e. The van der Waals surface area contributed by atoms with Gasteiger partial charge in [-0.25, -0.2) is 9.48 Å². The summed E-state index contributed by atoms with van der Waals surface area (Å²) >= 11 is 0. The van der Waals surface area contributed by atoms with Crippen LogP contribution in [-0.2, 0) is 11.3 Å². The summed E-state index contributed by atoms with van der Waals surface area (Å²) in [7, 11) is 0. The normalized spacial score (nSPS) is 10.6. The van der Waals surface area contributed by atoms with E-state index in [1.54, 1.807) is 6.92 Å². The van der Waals surface area contributed by atoms with E-state index in [0.717, 1.165) is 16.7 Å². The summed E-state index contributed by atoms with van der Waals surface area (Å²) in [5, 5.41) is 4.68. The Kier molecular flexibility index (Phi) is 7.18. The highest BCUT2D eigenvalue weighted by molar-refractivity contribution is 6.00. The zero-order valence-corrected chi connectivity index (χ0v) is 19.2. The van der Waals surface area contributed by atoms with Gasteiger partial charge in [0.15, 0.2) is 0 Å². The van der Waals surface area contributed by atoms with E-state index in [9.17, 15) is 9.59 Å². The van der Waals surface area contributed by atoms with Crippen molar-refractivity contribution < 1.29 is 14.3 Å². The fourth-order valence-electron chi connectivity index (χ4n) is 3.68. The van der Waals surface area contributed by atoms with Gasteiger partial charge in [-0.05, 0) is 31.5 Å². The van der Waals surface area contributed by atoms with Crippen molar-refractivity contribution in [2.45, 2.75) is 20.4 Å². The topological polar surface area (TPSA) is 70.4 Å². The molecule has 1 heterocycles. The van der Waals surface area contributed by atoms with Gasteiger partial charge in [0, 0.05) is 11.1 Å². The maximum atomic E-state index is 13.5. The molecule has 0 aliphatic rings. The van der Waals surface area contributed by atoms with Gasteiger partial charge in [-0.1, -0.05) is 78.4 Å². The van der Waals surface area contributed by atoms with Crippen LogP contribution in [0.2, 0.25) is 0 Å². The van der Waals surface area contributed by atoms with Gasteiger partial charge in [-0.15, -0.1) is 0 Å². The molecule has 0 saturated carbocycles. The molecular weight excluding hydrogens is 428 g/mol. The van der Waals surface area contributed by atoms with E-state index < -0.39 is 11.5 Å². The van der Waals surface area contributed by atoms with Gasteiger partial charge in [0.1, 0.15) is 17.9 Å². The average Bonchev–Trinajstić information content (AvgIpc) is 2.87. The van der Waals surface area contributed by atoms with Gasteiger partial charge in [0.25, 0.3) is 5.56 Å². The number of aromatic nitrogens is 2. The largest absolute Gasteiger partial charge is 0.492 e. The lowest BCUT2D eigenvalue weighted by atomic mass is 9.95. The predicted octanol–water partition coefficient (Wildman–Crippen LogP) is 5.14. The highest BCUT2D eigenvalue weighted by atomic mass is 16.5. The first kappa shape index (κ1) is 23.0. The Balaban J connectivity index is 1.82. The predicted molar refractivity (Wildman–Crippen MR) is 132 cm³/mol. The molecule has 6 heteroatoms. The third-order valence-electron chi connectivity index (χ3n) is 5.34. The molecule has 172 valence electrons. The van der Waals surface area contributed by atoms with Crippen LogP contribution >= 0.6 is 0 Å². The van der Waals surface area contributed by atoms with Crippen LogP contribution in [-0.4, -0.2) is 29.0 Å². The van der Waals surface area contributed by atoms with Crippen LogP contribution in [0.3, 0.4) is 0 Å². The zero-order chi connectivity index (χ0) is 23.9. The molecular formula is C28H26N2O4. The minimum atomic E-state index is -0.667. The van der Waals surface area contributed by atoms with Gasteiger partial charge >= 0.3 is 5.97 Å². The number of hydrogen-bond acceptors (Lipinski definition) is 5. The van der Waals surface area contributed by atoms with Crippen LogP contribution in [0, 0.1) is 6.92 Å². The van der Waals surface area contributed by atoms with Gasteiger partial charge in [-0.3, -0.25) is 4.79 Å². The Labute approximate surface area is 198 Å². The summed E-state index contributed by atoms with van der Waals surface area (Å²) in [6.07, 6.45) is 0. The van der Waals surface area contributed by atoms with E-state index in [0.29, 0.717) is 17.0 Å². The Morgan fingerprint density at radius 3 is 2.12 bits per heavy atom. The molecule has 4 rings (SSSR count). The molecule has 0 unspecified atom stereocenters. The van der Waals surface area contributed by atoms with Gasteiger partial charge in [0.2, 0.25) is 0 Å². The van der Waals surface area contributed by atoms with Crippen LogP contribution in [0.4, 0.5) is 0 Å². The number of carbonyl (C=O) groups excluding carboxylic acids is 1. The molecule has 3 aromatic carbocycles. The quantitative estimate of drug-likeness (QED) is 0.345. The van der Waals surface area contributed by atoms with Crippen molar-refractivity contribution >= 4 is 5.97 Å². The number of rotatable bonds is 8. The molecule has 0 aliphatic carbocycles. The van der Waals surface area contributed by atoms with Crippen molar-refractivity contribution in [3.8, 4) is 28.1 Å². The van der Waals surface area contributed by atoms with Crippen LogP contribution in [0.1, 0.15) is 22.8 Å². The molecule has 0 atom stereocenters. The summed E-state index contributed by atoms with van der Waals surface area (Å²) in [6.45, 7) is 4.27. The van der Waals surface area contributed by atoms with Crippen molar-refractivity contribution in [1.82, 2.24) is 9.78 Å². The van der Waals surface area contributed by atoms with Gasteiger partial charge in [0.05, 0.1) is 18.8 Å². The molecule has 0 aliphatic heterocycles. The zero-order valence-electron chi connectivity index (χ0n) is 19.2. The van der Waals surface area contributed by atoms with Crippen molar-refractivity contribution in [2.75, 3.05) is 13.2 Å². The maximum absolute atomic E-state index is 13.5. The molecule has 4 aromatic rings. The molecule has 0 bridgehead atoms. The van der Waals surface area contributed by atoms with Crippen LogP contribution in [0.5, 0.6) is 5.75 Å². The van der Waals surface area contributed by atoms with E-state index in [1.165, 1.54) is 4.68 Å². The minimum Gasteiger partial charge on any atom is -0.492 e. The summed E-state index contributed by atoms with van der Waals surface area (Å²) in [6, 6.07) is 26.5. The van der Waals surface area contributed by atoms with Crippen molar-refractivity contribution in [1.29, 1.82) is 0 Å². The monoisotopic (exact) mass is 454 g/mol. The Morgan fingerprint density at radius 1 is 0.882 bits per heavy atom. The van der Waals surface area contributed by atoms with E-state index >= 15 is 0 Å². The highest BCUT2D eigenvalue weighted by Crippen LogP contribution is 2.32. The van der Waals surface area contributed by atoms with E-state index in [4.69, 9.17) is 9.47 Å².